The van der Waals surface area contributed by atoms with Crippen LogP contribution in [0.3, 0.4) is 0 Å². The zero-order chi connectivity index (χ0) is 15.8. The summed E-state index contributed by atoms with van der Waals surface area (Å²) in [5.41, 5.74) is 0. The molecule has 10 nitrogen and oxygen atoms in total. The molecule has 4 atom stereocenters. The molecule has 4 unspecified atom stereocenters. The highest BCUT2D eigenvalue weighted by Crippen LogP contribution is 2.37. The van der Waals surface area contributed by atoms with Gasteiger partial charge in [0.2, 0.25) is 5.91 Å². The second-order valence-corrected chi connectivity index (χ2v) is 6.98. The molecule has 0 aromatic heterocycles. The lowest BCUT2D eigenvalue weighted by Gasteiger charge is -2.33. The van der Waals surface area contributed by atoms with Gasteiger partial charge in [0, 0.05) is 13.0 Å². The average Bonchev–Trinajstić information content (AvgIpc) is 2.72. The SMILES string of the molecule is O=C1NC(=O)N(C2CC(O)C(COP(=O)(O)O)O2)CC1Br. The quantitative estimate of drug-likeness (QED) is 0.350. The second-order valence-electron chi connectivity index (χ2n) is 4.63. The van der Waals surface area contributed by atoms with Crippen LogP contribution in [0.1, 0.15) is 6.42 Å². The summed E-state index contributed by atoms with van der Waals surface area (Å²) in [4.78, 5) is 40.9. The Bertz CT molecular complexity index is 484. The number of carbonyl (C=O) groups is 2. The number of amides is 3. The smallest absolute Gasteiger partial charge is 0.390 e. The van der Waals surface area contributed by atoms with Gasteiger partial charge in [-0.25, -0.2) is 9.36 Å². The van der Waals surface area contributed by atoms with Crippen LogP contribution in [-0.4, -0.2) is 68.1 Å². The molecule has 3 amide bonds. The van der Waals surface area contributed by atoms with Gasteiger partial charge < -0.3 is 19.6 Å². The van der Waals surface area contributed by atoms with Gasteiger partial charge in [-0.05, 0) is 0 Å². The minimum atomic E-state index is -4.66. The maximum Gasteiger partial charge on any atom is 0.469 e. The Balaban J connectivity index is 1.95. The van der Waals surface area contributed by atoms with Crippen LogP contribution < -0.4 is 5.32 Å². The molecule has 21 heavy (non-hydrogen) atoms. The number of rotatable bonds is 4. The molecule has 0 saturated carbocycles. The molecule has 0 bridgehead atoms. The Morgan fingerprint density at radius 1 is 1.48 bits per heavy atom. The molecular weight excluding hydrogens is 375 g/mol. The van der Waals surface area contributed by atoms with E-state index < -0.39 is 49.6 Å². The molecule has 12 heteroatoms. The zero-order valence-corrected chi connectivity index (χ0v) is 13.1. The van der Waals surface area contributed by atoms with E-state index in [-0.39, 0.29) is 13.0 Å². The lowest BCUT2D eigenvalue weighted by molar-refractivity contribution is -0.123. The number of ether oxygens (including phenoxy) is 1. The van der Waals surface area contributed by atoms with Crippen LogP contribution in [0.2, 0.25) is 0 Å². The monoisotopic (exact) mass is 388 g/mol. The Morgan fingerprint density at radius 3 is 2.76 bits per heavy atom. The number of hydrogen-bond acceptors (Lipinski definition) is 6. The first-order valence-electron chi connectivity index (χ1n) is 5.96. The molecule has 120 valence electrons. The fraction of sp³-hybridized carbons (Fsp3) is 0.778. The third kappa shape index (κ3) is 4.22. The van der Waals surface area contributed by atoms with Gasteiger partial charge in [-0.3, -0.25) is 19.5 Å². The summed E-state index contributed by atoms with van der Waals surface area (Å²) < 4.78 is 20.3. The summed E-state index contributed by atoms with van der Waals surface area (Å²) in [7, 11) is -4.66. The number of alkyl halides is 1. The van der Waals surface area contributed by atoms with E-state index in [2.05, 4.69) is 25.8 Å². The summed E-state index contributed by atoms with van der Waals surface area (Å²) >= 11 is 3.10. The number of hydrogen-bond donors (Lipinski definition) is 4. The van der Waals surface area contributed by atoms with E-state index >= 15 is 0 Å². The number of aliphatic hydroxyl groups excluding tert-OH is 1. The van der Waals surface area contributed by atoms with Crippen molar-refractivity contribution in [1.82, 2.24) is 10.2 Å². The van der Waals surface area contributed by atoms with Crippen LogP contribution in [-0.2, 0) is 18.6 Å². The lowest BCUT2D eigenvalue weighted by Crippen LogP contribution is -2.58. The third-order valence-corrected chi connectivity index (χ3v) is 4.28. The fourth-order valence-electron chi connectivity index (χ4n) is 2.07. The maximum atomic E-state index is 11.7. The topological polar surface area (TPSA) is 146 Å². The van der Waals surface area contributed by atoms with Crippen molar-refractivity contribution in [3.05, 3.63) is 0 Å². The summed E-state index contributed by atoms with van der Waals surface area (Å²) in [6, 6.07) is -0.649. The predicted molar refractivity (Wildman–Crippen MR) is 70.2 cm³/mol. The van der Waals surface area contributed by atoms with Crippen molar-refractivity contribution in [3.63, 3.8) is 0 Å². The summed E-state index contributed by atoms with van der Waals surface area (Å²) in [6.45, 7) is -0.442. The van der Waals surface area contributed by atoms with E-state index in [1.165, 1.54) is 4.90 Å². The second kappa shape index (κ2) is 6.29. The van der Waals surface area contributed by atoms with Crippen LogP contribution in [0.5, 0.6) is 0 Å². The van der Waals surface area contributed by atoms with E-state index in [9.17, 15) is 19.3 Å². The van der Waals surface area contributed by atoms with Crippen molar-refractivity contribution in [2.24, 2.45) is 0 Å². The van der Waals surface area contributed by atoms with Gasteiger partial charge in [-0.2, -0.15) is 0 Å². The molecule has 0 spiro atoms. The summed E-state index contributed by atoms with van der Waals surface area (Å²) in [5, 5.41) is 11.9. The first-order chi connectivity index (χ1) is 9.67. The van der Waals surface area contributed by atoms with Crippen LogP contribution >= 0.6 is 23.8 Å². The van der Waals surface area contributed by atoms with E-state index in [1.54, 1.807) is 0 Å². The highest BCUT2D eigenvalue weighted by molar-refractivity contribution is 9.10. The molecule has 2 aliphatic heterocycles. The Morgan fingerprint density at radius 2 is 2.14 bits per heavy atom. The summed E-state index contributed by atoms with van der Waals surface area (Å²) in [5.74, 6) is -0.462. The molecule has 2 saturated heterocycles. The molecule has 0 radical (unpaired) electrons. The lowest BCUT2D eigenvalue weighted by atomic mass is 10.2. The molecule has 0 aromatic rings. The third-order valence-electron chi connectivity index (χ3n) is 3.09. The van der Waals surface area contributed by atoms with Gasteiger partial charge in [-0.1, -0.05) is 15.9 Å². The standard InChI is InChI=1S/C9H14BrN2O8P/c10-4-2-12(9(15)11-8(4)14)7-1-5(13)6(20-7)3-19-21(16,17)18/h4-7,13H,1-3H2,(H,11,14,15)(H2,16,17,18). The molecule has 4 N–H and O–H groups in total. The number of phosphoric ester groups is 1. The minimum absolute atomic E-state index is 0.0521. The van der Waals surface area contributed by atoms with Crippen molar-refractivity contribution < 1.29 is 38.3 Å². The molecular formula is C9H14BrN2O8P. The zero-order valence-electron chi connectivity index (χ0n) is 10.6. The number of halogens is 1. The van der Waals surface area contributed by atoms with Crippen molar-refractivity contribution in [1.29, 1.82) is 0 Å². The predicted octanol–water partition coefficient (Wildman–Crippen LogP) is -1.11. The van der Waals surface area contributed by atoms with Crippen LogP contribution in [0.4, 0.5) is 4.79 Å². The highest BCUT2D eigenvalue weighted by Gasteiger charge is 2.43. The van der Waals surface area contributed by atoms with E-state index in [4.69, 9.17) is 14.5 Å². The number of nitrogens with one attached hydrogen (secondary N) is 1. The Labute approximate surface area is 127 Å². The highest BCUT2D eigenvalue weighted by atomic mass is 79.9. The largest absolute Gasteiger partial charge is 0.469 e. The number of aliphatic hydroxyl groups is 1. The van der Waals surface area contributed by atoms with Crippen molar-refractivity contribution >= 4 is 35.7 Å². The molecule has 2 fully saturated rings. The minimum Gasteiger partial charge on any atom is -0.390 e. The van der Waals surface area contributed by atoms with Crippen molar-refractivity contribution in [2.75, 3.05) is 13.2 Å². The van der Waals surface area contributed by atoms with Gasteiger partial charge in [-0.15, -0.1) is 0 Å². The molecule has 2 heterocycles. The molecule has 0 aromatic carbocycles. The van der Waals surface area contributed by atoms with Crippen molar-refractivity contribution in [3.8, 4) is 0 Å². The first kappa shape index (κ1) is 16.8. The molecule has 2 rings (SSSR count). The normalized spacial score (nSPS) is 34.2. The summed E-state index contributed by atoms with van der Waals surface area (Å²) in [6.07, 6.45) is -2.77. The van der Waals surface area contributed by atoms with Crippen LogP contribution in [0, 0.1) is 0 Å². The maximum absolute atomic E-state index is 11.7. The first-order valence-corrected chi connectivity index (χ1v) is 8.41. The molecule has 0 aliphatic carbocycles. The number of phosphoric acid groups is 1. The Kier molecular flexibility index (Phi) is 5.03. The van der Waals surface area contributed by atoms with E-state index in [0.29, 0.717) is 0 Å². The van der Waals surface area contributed by atoms with Gasteiger partial charge >= 0.3 is 13.9 Å². The van der Waals surface area contributed by atoms with Gasteiger partial charge in [0.1, 0.15) is 17.2 Å². The Hall–Kier alpha value is -0.550. The number of imide groups is 1. The molecule has 2 aliphatic rings. The fourth-order valence-corrected chi connectivity index (χ4v) is 2.84. The van der Waals surface area contributed by atoms with Gasteiger partial charge in [0.15, 0.2) is 0 Å². The van der Waals surface area contributed by atoms with Gasteiger partial charge in [0.25, 0.3) is 0 Å². The number of urea groups is 1. The van der Waals surface area contributed by atoms with E-state index in [0.717, 1.165) is 0 Å². The number of carbonyl (C=O) groups excluding carboxylic acids is 2. The van der Waals surface area contributed by atoms with Crippen LogP contribution in [0.25, 0.3) is 0 Å². The van der Waals surface area contributed by atoms with E-state index in [1.807, 2.05) is 0 Å². The van der Waals surface area contributed by atoms with Crippen LogP contribution in [0.15, 0.2) is 0 Å². The number of nitrogens with zero attached hydrogens (tertiary/aromatic N) is 1. The van der Waals surface area contributed by atoms with Crippen molar-refractivity contribution in [2.45, 2.75) is 29.7 Å². The average molecular weight is 389 g/mol. The van der Waals surface area contributed by atoms with Gasteiger partial charge in [0.05, 0.1) is 12.7 Å².